The summed E-state index contributed by atoms with van der Waals surface area (Å²) in [5.74, 6) is -0.0925. The highest BCUT2D eigenvalue weighted by Gasteiger charge is 2.24. The lowest BCUT2D eigenvalue weighted by Gasteiger charge is -2.14. The Balaban J connectivity index is 1.78. The lowest BCUT2D eigenvalue weighted by Crippen LogP contribution is -2.33. The van der Waals surface area contributed by atoms with Crippen molar-refractivity contribution in [2.24, 2.45) is 0 Å². The maximum absolute atomic E-state index is 12.4. The van der Waals surface area contributed by atoms with Gasteiger partial charge in [-0.3, -0.25) is 14.9 Å². The number of carbonyl (C=O) groups excluding carboxylic acids is 1. The van der Waals surface area contributed by atoms with Gasteiger partial charge in [-0.1, -0.05) is 25.9 Å². The first kappa shape index (κ1) is 16.4. The number of hydrogen-bond donors (Lipinski definition) is 1. The van der Waals surface area contributed by atoms with Gasteiger partial charge in [0.25, 0.3) is 11.5 Å². The monoisotopic (exact) mass is 330 g/mol. The van der Waals surface area contributed by atoms with E-state index in [4.69, 9.17) is 4.52 Å². The van der Waals surface area contributed by atoms with Crippen LogP contribution in [0.2, 0.25) is 0 Å². The van der Waals surface area contributed by atoms with Crippen LogP contribution in [0.1, 0.15) is 57.1 Å². The van der Waals surface area contributed by atoms with Crippen molar-refractivity contribution in [1.82, 2.24) is 14.9 Å². The molecular formula is C17H22N4O3. The molecule has 24 heavy (non-hydrogen) atoms. The second-order valence-corrected chi connectivity index (χ2v) is 7.24. The SMILES string of the molecule is CC(C(=O)Nc1cc(C(C)(C)C)no1)n1nc2c(cc1=O)CCC2. The molecule has 1 unspecified atom stereocenters. The molecule has 2 aromatic rings. The number of aromatic nitrogens is 3. The van der Waals surface area contributed by atoms with Gasteiger partial charge in [0.2, 0.25) is 5.88 Å². The standard InChI is InChI=1S/C17H22N4O3/c1-10(21-15(22)8-11-6-5-7-12(11)19-21)16(23)18-14-9-13(20-24-14)17(2,3)4/h8-10H,5-7H2,1-4H3,(H,18,23). The lowest BCUT2D eigenvalue weighted by molar-refractivity contribution is -0.119. The van der Waals surface area contributed by atoms with Gasteiger partial charge in [0.05, 0.1) is 11.4 Å². The molecule has 0 aliphatic heterocycles. The molecule has 0 spiro atoms. The van der Waals surface area contributed by atoms with E-state index >= 15 is 0 Å². The Morgan fingerprint density at radius 3 is 2.75 bits per heavy atom. The minimum atomic E-state index is -0.730. The van der Waals surface area contributed by atoms with Gasteiger partial charge in [-0.2, -0.15) is 5.10 Å². The molecule has 1 aliphatic rings. The van der Waals surface area contributed by atoms with Gasteiger partial charge < -0.3 is 4.52 Å². The maximum atomic E-state index is 12.4. The van der Waals surface area contributed by atoms with Crippen molar-refractivity contribution in [2.45, 2.75) is 58.4 Å². The summed E-state index contributed by atoms with van der Waals surface area (Å²) in [6.45, 7) is 7.67. The van der Waals surface area contributed by atoms with Crippen LogP contribution >= 0.6 is 0 Å². The van der Waals surface area contributed by atoms with Gasteiger partial charge in [0.1, 0.15) is 6.04 Å². The van der Waals surface area contributed by atoms with Crippen molar-refractivity contribution < 1.29 is 9.32 Å². The zero-order chi connectivity index (χ0) is 17.5. The average Bonchev–Trinajstić information content (AvgIpc) is 3.13. The minimum absolute atomic E-state index is 0.170. The Labute approximate surface area is 140 Å². The van der Waals surface area contributed by atoms with Crippen molar-refractivity contribution in [3.63, 3.8) is 0 Å². The largest absolute Gasteiger partial charge is 0.338 e. The molecule has 0 bridgehead atoms. The molecule has 1 atom stereocenters. The Morgan fingerprint density at radius 1 is 1.33 bits per heavy atom. The van der Waals surface area contributed by atoms with E-state index in [9.17, 15) is 9.59 Å². The molecule has 1 aliphatic carbocycles. The van der Waals surface area contributed by atoms with E-state index in [1.54, 1.807) is 19.1 Å². The summed E-state index contributed by atoms with van der Waals surface area (Å²) < 4.78 is 6.40. The van der Waals surface area contributed by atoms with E-state index < -0.39 is 6.04 Å². The third-order valence-electron chi connectivity index (χ3n) is 4.25. The molecule has 128 valence electrons. The van der Waals surface area contributed by atoms with E-state index in [2.05, 4.69) is 15.6 Å². The number of hydrogen-bond acceptors (Lipinski definition) is 5. The second-order valence-electron chi connectivity index (χ2n) is 7.24. The highest BCUT2D eigenvalue weighted by atomic mass is 16.5. The number of nitrogens with one attached hydrogen (secondary N) is 1. The van der Waals surface area contributed by atoms with Gasteiger partial charge in [-0.05, 0) is 31.7 Å². The van der Waals surface area contributed by atoms with Crippen molar-refractivity contribution >= 4 is 11.8 Å². The zero-order valence-corrected chi connectivity index (χ0v) is 14.4. The highest BCUT2D eigenvalue weighted by molar-refractivity contribution is 5.92. The molecule has 2 aromatic heterocycles. The number of nitrogens with zero attached hydrogens (tertiary/aromatic N) is 3. The summed E-state index contributed by atoms with van der Waals surface area (Å²) >= 11 is 0. The van der Waals surface area contributed by atoms with Gasteiger partial charge in [0, 0.05) is 17.5 Å². The number of amides is 1. The van der Waals surface area contributed by atoms with Crippen molar-refractivity contribution in [1.29, 1.82) is 0 Å². The van der Waals surface area contributed by atoms with Gasteiger partial charge in [0.15, 0.2) is 0 Å². The molecule has 1 N–H and O–H groups in total. The maximum Gasteiger partial charge on any atom is 0.267 e. The molecule has 7 nitrogen and oxygen atoms in total. The second kappa shape index (κ2) is 5.89. The molecule has 2 heterocycles. The fourth-order valence-corrected chi connectivity index (χ4v) is 2.72. The van der Waals surface area contributed by atoms with Crippen LogP contribution in [-0.4, -0.2) is 20.8 Å². The van der Waals surface area contributed by atoms with E-state index in [0.29, 0.717) is 0 Å². The number of fused-ring (bicyclic) bond motifs is 1. The van der Waals surface area contributed by atoms with Crippen LogP contribution < -0.4 is 10.9 Å². The van der Waals surface area contributed by atoms with Crippen molar-refractivity contribution in [3.05, 3.63) is 39.4 Å². The van der Waals surface area contributed by atoms with Crippen LogP contribution in [0.3, 0.4) is 0 Å². The molecule has 3 rings (SSSR count). The quantitative estimate of drug-likeness (QED) is 0.932. The number of anilines is 1. The summed E-state index contributed by atoms with van der Waals surface area (Å²) in [5.41, 5.74) is 2.22. The van der Waals surface area contributed by atoms with Gasteiger partial charge in [-0.25, -0.2) is 4.68 Å². The number of carbonyl (C=O) groups is 1. The summed E-state index contributed by atoms with van der Waals surface area (Å²) in [6.07, 6.45) is 2.73. The fourth-order valence-electron chi connectivity index (χ4n) is 2.72. The third-order valence-corrected chi connectivity index (χ3v) is 4.25. The predicted octanol–water partition coefficient (Wildman–Crippen LogP) is 2.22. The molecule has 1 amide bonds. The van der Waals surface area contributed by atoms with E-state index in [-0.39, 0.29) is 22.8 Å². The summed E-state index contributed by atoms with van der Waals surface area (Å²) in [7, 11) is 0. The van der Waals surface area contributed by atoms with Gasteiger partial charge >= 0.3 is 0 Å². The van der Waals surface area contributed by atoms with E-state index in [1.165, 1.54) is 4.68 Å². The normalized spacial score (nSPS) is 15.2. The molecule has 7 heteroatoms. The molecule has 0 saturated carbocycles. The topological polar surface area (TPSA) is 90.0 Å². The van der Waals surface area contributed by atoms with E-state index in [1.807, 2.05) is 20.8 Å². The van der Waals surface area contributed by atoms with Crippen LogP contribution in [0.5, 0.6) is 0 Å². The van der Waals surface area contributed by atoms with Crippen LogP contribution in [0, 0.1) is 0 Å². The first-order valence-electron chi connectivity index (χ1n) is 8.15. The first-order valence-corrected chi connectivity index (χ1v) is 8.15. The smallest absolute Gasteiger partial charge is 0.267 e. The van der Waals surface area contributed by atoms with Crippen LogP contribution in [0.4, 0.5) is 5.88 Å². The summed E-state index contributed by atoms with van der Waals surface area (Å²) in [6, 6.07) is 2.56. The predicted molar refractivity (Wildman–Crippen MR) is 89.1 cm³/mol. The Hall–Kier alpha value is -2.44. The van der Waals surface area contributed by atoms with Crippen molar-refractivity contribution in [2.75, 3.05) is 5.32 Å². The molecule has 0 aromatic carbocycles. The van der Waals surface area contributed by atoms with Crippen LogP contribution in [-0.2, 0) is 23.1 Å². The molecular weight excluding hydrogens is 308 g/mol. The van der Waals surface area contributed by atoms with Crippen LogP contribution in [0.15, 0.2) is 21.5 Å². The summed E-state index contributed by atoms with van der Waals surface area (Å²) in [4.78, 5) is 24.6. The minimum Gasteiger partial charge on any atom is -0.338 e. The third kappa shape index (κ3) is 3.11. The lowest BCUT2D eigenvalue weighted by atomic mass is 9.92. The van der Waals surface area contributed by atoms with Crippen molar-refractivity contribution in [3.8, 4) is 0 Å². The Bertz CT molecular complexity index is 829. The van der Waals surface area contributed by atoms with Crippen LogP contribution in [0.25, 0.3) is 0 Å². The average molecular weight is 330 g/mol. The zero-order valence-electron chi connectivity index (χ0n) is 14.4. The van der Waals surface area contributed by atoms with E-state index in [0.717, 1.165) is 36.2 Å². The fraction of sp³-hybridized carbons (Fsp3) is 0.529. The molecule has 0 radical (unpaired) electrons. The first-order chi connectivity index (χ1) is 11.3. The number of aryl methyl sites for hydroxylation is 2. The Kier molecular flexibility index (Phi) is 4.03. The molecule has 0 saturated heterocycles. The van der Waals surface area contributed by atoms with Gasteiger partial charge in [-0.15, -0.1) is 0 Å². The summed E-state index contributed by atoms with van der Waals surface area (Å²) in [5, 5.41) is 11.0. The molecule has 0 fully saturated rings. The Morgan fingerprint density at radius 2 is 2.08 bits per heavy atom. The highest BCUT2D eigenvalue weighted by Crippen LogP contribution is 2.24. The number of rotatable bonds is 3.